The largest absolute Gasteiger partial charge is 0.435 e. The van der Waals surface area contributed by atoms with E-state index in [1.165, 1.54) is 16.8 Å². The summed E-state index contributed by atoms with van der Waals surface area (Å²) in [5, 5.41) is 3.99. The molecule has 0 N–H and O–H groups in total. The van der Waals surface area contributed by atoms with Crippen LogP contribution in [0.2, 0.25) is 5.02 Å². The lowest BCUT2D eigenvalue weighted by Gasteiger charge is -2.33. The van der Waals surface area contributed by atoms with Crippen molar-refractivity contribution in [3.63, 3.8) is 0 Å². The van der Waals surface area contributed by atoms with E-state index in [-0.39, 0.29) is 54.7 Å². The van der Waals surface area contributed by atoms with E-state index in [2.05, 4.69) is 16.9 Å². The van der Waals surface area contributed by atoms with Gasteiger partial charge in [-0.05, 0) is 50.4 Å². The zero-order valence-electron chi connectivity index (χ0n) is 17.8. The zero-order valence-corrected chi connectivity index (χ0v) is 18.5. The van der Waals surface area contributed by atoms with Crippen LogP contribution >= 0.6 is 11.6 Å². The average molecular weight is 473 g/mol. The molecular weight excluding hydrogens is 448 g/mol. The van der Waals surface area contributed by atoms with Gasteiger partial charge in [0.25, 0.3) is 0 Å². The SMILES string of the molecule is CC1CCN(CC(=O)N2CCc3c(C(F)(F)F)nn(Cc4ccc(Cl)cc4F)c3C2)CC1. The lowest BCUT2D eigenvalue weighted by atomic mass is 9.99. The second-order valence-electron chi connectivity index (χ2n) is 8.69. The van der Waals surface area contributed by atoms with Gasteiger partial charge in [0.1, 0.15) is 5.82 Å². The van der Waals surface area contributed by atoms with Crippen molar-refractivity contribution >= 4 is 17.5 Å². The minimum absolute atomic E-state index is 0.0245. The Morgan fingerprint density at radius 3 is 2.59 bits per heavy atom. The van der Waals surface area contributed by atoms with Crippen molar-refractivity contribution in [2.45, 2.75) is 45.5 Å². The van der Waals surface area contributed by atoms with Crippen LogP contribution in [0.25, 0.3) is 0 Å². The van der Waals surface area contributed by atoms with E-state index in [4.69, 9.17) is 11.6 Å². The number of aromatic nitrogens is 2. The molecule has 1 aromatic carbocycles. The highest BCUT2D eigenvalue weighted by atomic mass is 35.5. The van der Waals surface area contributed by atoms with Gasteiger partial charge in [-0.25, -0.2) is 4.39 Å². The maximum atomic E-state index is 14.3. The van der Waals surface area contributed by atoms with Gasteiger partial charge in [0.2, 0.25) is 5.91 Å². The van der Waals surface area contributed by atoms with E-state index in [0.717, 1.165) is 32.0 Å². The van der Waals surface area contributed by atoms with Crippen molar-refractivity contribution in [1.82, 2.24) is 19.6 Å². The van der Waals surface area contributed by atoms with Crippen LogP contribution in [-0.2, 0) is 30.5 Å². The van der Waals surface area contributed by atoms with Gasteiger partial charge in [0.05, 0.1) is 25.3 Å². The molecule has 2 aliphatic heterocycles. The third-order valence-corrected chi connectivity index (χ3v) is 6.57. The number of carbonyl (C=O) groups is 1. The fourth-order valence-corrected chi connectivity index (χ4v) is 4.53. The van der Waals surface area contributed by atoms with Crippen molar-refractivity contribution in [2.24, 2.45) is 5.92 Å². The van der Waals surface area contributed by atoms with Crippen molar-refractivity contribution in [3.05, 3.63) is 51.6 Å². The molecule has 32 heavy (non-hydrogen) atoms. The summed E-state index contributed by atoms with van der Waals surface area (Å²) in [5.74, 6) is -0.0788. The molecule has 1 fully saturated rings. The molecule has 2 aromatic rings. The lowest BCUT2D eigenvalue weighted by Crippen LogP contribution is -2.45. The second kappa shape index (κ2) is 9.02. The molecule has 3 heterocycles. The maximum absolute atomic E-state index is 14.3. The molecule has 1 amide bonds. The number of rotatable bonds is 4. The monoisotopic (exact) mass is 472 g/mol. The Labute approximate surface area is 188 Å². The number of carbonyl (C=O) groups excluding carboxylic acids is 1. The van der Waals surface area contributed by atoms with E-state index < -0.39 is 17.7 Å². The van der Waals surface area contributed by atoms with E-state index in [1.807, 2.05) is 0 Å². The Morgan fingerprint density at radius 2 is 1.94 bits per heavy atom. The summed E-state index contributed by atoms with van der Waals surface area (Å²) < 4.78 is 56.3. The van der Waals surface area contributed by atoms with Gasteiger partial charge in [0.15, 0.2) is 5.69 Å². The minimum atomic E-state index is -4.62. The van der Waals surface area contributed by atoms with Gasteiger partial charge in [-0.1, -0.05) is 24.6 Å². The number of halogens is 5. The summed E-state index contributed by atoms with van der Waals surface area (Å²) in [5.41, 5.74) is -0.389. The van der Waals surface area contributed by atoms with Crippen LogP contribution in [0.1, 0.15) is 42.3 Å². The van der Waals surface area contributed by atoms with Crippen molar-refractivity contribution in [1.29, 1.82) is 0 Å². The van der Waals surface area contributed by atoms with Crippen molar-refractivity contribution in [3.8, 4) is 0 Å². The van der Waals surface area contributed by atoms with E-state index in [9.17, 15) is 22.4 Å². The van der Waals surface area contributed by atoms with Gasteiger partial charge >= 0.3 is 6.18 Å². The van der Waals surface area contributed by atoms with Crippen LogP contribution in [0.4, 0.5) is 17.6 Å². The molecule has 4 rings (SSSR count). The number of hydrogen-bond acceptors (Lipinski definition) is 3. The molecule has 0 unspecified atom stereocenters. The Hall–Kier alpha value is -2.13. The molecule has 0 spiro atoms. The maximum Gasteiger partial charge on any atom is 0.435 e. The van der Waals surface area contributed by atoms with Gasteiger partial charge in [0, 0.05) is 22.7 Å². The fourth-order valence-electron chi connectivity index (χ4n) is 4.37. The number of hydrogen-bond donors (Lipinski definition) is 0. The third-order valence-electron chi connectivity index (χ3n) is 6.33. The third kappa shape index (κ3) is 4.93. The minimum Gasteiger partial charge on any atom is -0.335 e. The molecule has 10 heteroatoms. The van der Waals surface area contributed by atoms with Gasteiger partial charge in [-0.3, -0.25) is 14.4 Å². The number of alkyl halides is 3. The predicted molar refractivity (Wildman–Crippen MR) is 112 cm³/mol. The highest BCUT2D eigenvalue weighted by molar-refractivity contribution is 6.30. The molecule has 2 aliphatic rings. The first-order chi connectivity index (χ1) is 15.1. The van der Waals surface area contributed by atoms with E-state index in [1.54, 1.807) is 4.90 Å². The standard InChI is InChI=1S/C22H25ClF4N4O/c1-14-4-7-29(8-5-14)13-20(32)30-9-6-17-19(12-30)31(28-21(17)22(25,26)27)11-15-2-3-16(23)10-18(15)24/h2-3,10,14H,4-9,11-13H2,1H3. The molecule has 0 bridgehead atoms. The molecule has 0 radical (unpaired) electrons. The van der Waals surface area contributed by atoms with Crippen LogP contribution in [0.5, 0.6) is 0 Å². The van der Waals surface area contributed by atoms with Gasteiger partial charge in [-0.15, -0.1) is 0 Å². The Balaban J connectivity index is 1.56. The van der Waals surface area contributed by atoms with Crippen LogP contribution < -0.4 is 0 Å². The number of benzene rings is 1. The number of likely N-dealkylation sites (tertiary alicyclic amines) is 1. The van der Waals surface area contributed by atoms with Crippen LogP contribution in [-0.4, -0.2) is 51.7 Å². The summed E-state index contributed by atoms with van der Waals surface area (Å²) in [4.78, 5) is 16.6. The average Bonchev–Trinajstić information content (AvgIpc) is 3.10. The summed E-state index contributed by atoms with van der Waals surface area (Å²) in [7, 11) is 0. The fraction of sp³-hybridized carbons (Fsp3) is 0.545. The van der Waals surface area contributed by atoms with Gasteiger partial charge < -0.3 is 4.90 Å². The summed E-state index contributed by atoms with van der Waals surface area (Å²) in [6.45, 7) is 4.20. The number of piperidine rings is 1. The smallest absolute Gasteiger partial charge is 0.335 e. The summed E-state index contributed by atoms with van der Waals surface area (Å²) in [6, 6.07) is 4.03. The normalized spacial score (nSPS) is 18.1. The van der Waals surface area contributed by atoms with Crippen LogP contribution in [0.3, 0.4) is 0 Å². The molecule has 1 saturated heterocycles. The number of fused-ring (bicyclic) bond motifs is 1. The Kier molecular flexibility index (Phi) is 6.49. The number of amides is 1. The second-order valence-corrected chi connectivity index (χ2v) is 9.13. The first kappa shape index (κ1) is 23.0. The van der Waals surface area contributed by atoms with E-state index >= 15 is 0 Å². The van der Waals surface area contributed by atoms with Crippen LogP contribution in [0.15, 0.2) is 18.2 Å². The van der Waals surface area contributed by atoms with Crippen molar-refractivity contribution < 1.29 is 22.4 Å². The number of nitrogens with zero attached hydrogens (tertiary/aromatic N) is 4. The van der Waals surface area contributed by atoms with Crippen LogP contribution in [0, 0.1) is 11.7 Å². The summed E-state index contributed by atoms with van der Waals surface area (Å²) >= 11 is 5.78. The quantitative estimate of drug-likeness (QED) is 0.621. The summed E-state index contributed by atoms with van der Waals surface area (Å²) in [6.07, 6.45) is -2.49. The molecular formula is C22H25ClF4N4O. The topological polar surface area (TPSA) is 41.4 Å². The molecule has 0 atom stereocenters. The molecule has 0 aliphatic carbocycles. The first-order valence-electron chi connectivity index (χ1n) is 10.7. The Morgan fingerprint density at radius 1 is 1.22 bits per heavy atom. The predicted octanol–water partition coefficient (Wildman–Crippen LogP) is 4.36. The van der Waals surface area contributed by atoms with E-state index in [0.29, 0.717) is 11.6 Å². The first-order valence-corrected chi connectivity index (χ1v) is 11.1. The van der Waals surface area contributed by atoms with Crippen molar-refractivity contribution in [2.75, 3.05) is 26.2 Å². The molecule has 0 saturated carbocycles. The molecule has 1 aromatic heterocycles. The molecule has 174 valence electrons. The highest BCUT2D eigenvalue weighted by Gasteiger charge is 2.41. The molecule has 5 nitrogen and oxygen atoms in total. The lowest BCUT2D eigenvalue weighted by molar-refractivity contribution is -0.142. The Bertz CT molecular complexity index is 999. The highest BCUT2D eigenvalue weighted by Crippen LogP contribution is 2.35. The zero-order chi connectivity index (χ0) is 23.0. The van der Waals surface area contributed by atoms with Gasteiger partial charge in [-0.2, -0.15) is 18.3 Å².